The van der Waals surface area contributed by atoms with Gasteiger partial charge in [-0.1, -0.05) is 48.5 Å². The summed E-state index contributed by atoms with van der Waals surface area (Å²) in [5.41, 5.74) is 3.58. The number of benzene rings is 2. The predicted molar refractivity (Wildman–Crippen MR) is 127 cm³/mol. The first-order chi connectivity index (χ1) is 16.9. The van der Waals surface area contributed by atoms with Gasteiger partial charge in [0.15, 0.2) is 6.10 Å². The van der Waals surface area contributed by atoms with E-state index in [1.807, 2.05) is 36.4 Å². The highest BCUT2D eigenvalue weighted by Crippen LogP contribution is 2.44. The molecule has 1 heterocycles. The minimum atomic E-state index is -1.00. The number of hydrogen-bond donors (Lipinski definition) is 3. The molecular formula is C26H30N2O7. The number of carbonyl (C=O) groups is 3. The fourth-order valence-corrected chi connectivity index (χ4v) is 4.85. The monoisotopic (exact) mass is 482 g/mol. The van der Waals surface area contributed by atoms with Crippen LogP contribution < -0.4 is 10.6 Å². The third-order valence-corrected chi connectivity index (χ3v) is 6.68. The van der Waals surface area contributed by atoms with Crippen LogP contribution >= 0.6 is 0 Å². The fourth-order valence-electron chi connectivity index (χ4n) is 4.85. The fraction of sp³-hybridized carbons (Fsp3) is 0.423. The summed E-state index contributed by atoms with van der Waals surface area (Å²) in [4.78, 5) is 36.6. The van der Waals surface area contributed by atoms with Gasteiger partial charge in [-0.05, 0) is 35.1 Å². The first kappa shape index (κ1) is 24.7. The third kappa shape index (κ3) is 5.63. The number of carbonyl (C=O) groups excluding carboxylic acids is 2. The minimum absolute atomic E-state index is 0.0703. The molecule has 2 aromatic carbocycles. The Morgan fingerprint density at radius 2 is 1.66 bits per heavy atom. The van der Waals surface area contributed by atoms with Gasteiger partial charge in [-0.2, -0.15) is 0 Å². The van der Waals surface area contributed by atoms with Crippen molar-refractivity contribution in [1.82, 2.24) is 10.6 Å². The highest BCUT2D eigenvalue weighted by molar-refractivity contribution is 5.83. The second kappa shape index (κ2) is 10.9. The number of aliphatic carboxylic acids is 1. The average Bonchev–Trinajstić information content (AvgIpc) is 3.17. The second-order valence-corrected chi connectivity index (χ2v) is 8.88. The van der Waals surface area contributed by atoms with Crippen LogP contribution in [0.15, 0.2) is 48.5 Å². The standard InChI is InChI=1S/C26H30N2O7/c1-33-22(24(31)28-26(14-23(29)30)10-12-34-13-11-26)15-27-25(32)35-16-21-19-8-4-2-6-17(19)18-7-3-5-9-20(18)21/h2-9,21-22H,10-16H2,1H3,(H,27,32)(H,28,31)(H,29,30). The first-order valence-electron chi connectivity index (χ1n) is 11.7. The maximum Gasteiger partial charge on any atom is 0.407 e. The van der Waals surface area contributed by atoms with Gasteiger partial charge in [0.05, 0.1) is 18.5 Å². The largest absolute Gasteiger partial charge is 0.481 e. The van der Waals surface area contributed by atoms with E-state index in [-0.39, 0.29) is 25.5 Å². The second-order valence-electron chi connectivity index (χ2n) is 8.88. The molecule has 9 heteroatoms. The molecule has 1 fully saturated rings. The van der Waals surface area contributed by atoms with E-state index >= 15 is 0 Å². The predicted octanol–water partition coefficient (Wildman–Crippen LogP) is 2.68. The first-order valence-corrected chi connectivity index (χ1v) is 11.7. The lowest BCUT2D eigenvalue weighted by atomic mass is 9.86. The van der Waals surface area contributed by atoms with Crippen molar-refractivity contribution in [2.24, 2.45) is 0 Å². The normalized spacial score (nSPS) is 17.1. The zero-order valence-corrected chi connectivity index (χ0v) is 19.6. The number of nitrogens with one attached hydrogen (secondary N) is 2. The van der Waals surface area contributed by atoms with Crippen LogP contribution in [0.1, 0.15) is 36.3 Å². The Morgan fingerprint density at radius 1 is 1.06 bits per heavy atom. The summed E-state index contributed by atoms with van der Waals surface area (Å²) in [7, 11) is 1.36. The number of carboxylic acids is 1. The molecule has 2 aliphatic rings. The van der Waals surface area contributed by atoms with E-state index in [1.165, 1.54) is 7.11 Å². The molecule has 0 bridgehead atoms. The van der Waals surface area contributed by atoms with Crippen LogP contribution in [0.4, 0.5) is 4.79 Å². The summed E-state index contributed by atoms with van der Waals surface area (Å²) in [5, 5.41) is 14.7. The van der Waals surface area contributed by atoms with Crippen LogP contribution in [0.25, 0.3) is 11.1 Å². The van der Waals surface area contributed by atoms with Crippen molar-refractivity contribution >= 4 is 18.0 Å². The number of hydrogen-bond acceptors (Lipinski definition) is 6. The molecule has 1 aliphatic carbocycles. The number of alkyl carbamates (subject to hydrolysis) is 1. The van der Waals surface area contributed by atoms with Crippen molar-refractivity contribution < 1.29 is 33.7 Å². The molecule has 0 spiro atoms. The van der Waals surface area contributed by atoms with Crippen molar-refractivity contribution in [3.05, 3.63) is 59.7 Å². The zero-order valence-electron chi connectivity index (χ0n) is 19.6. The number of rotatable bonds is 9. The summed E-state index contributed by atoms with van der Waals surface area (Å²) in [6.07, 6.45) is -1.09. The van der Waals surface area contributed by atoms with Gasteiger partial charge in [0, 0.05) is 26.2 Å². The van der Waals surface area contributed by atoms with Crippen molar-refractivity contribution in [2.45, 2.75) is 36.8 Å². The zero-order chi connectivity index (χ0) is 24.8. The van der Waals surface area contributed by atoms with Gasteiger partial charge in [0.1, 0.15) is 6.61 Å². The number of carboxylic acid groups (broad SMARTS) is 1. The lowest BCUT2D eigenvalue weighted by Crippen LogP contribution is -2.57. The Hall–Kier alpha value is -3.43. The maximum absolute atomic E-state index is 12.8. The Labute approximate surface area is 203 Å². The highest BCUT2D eigenvalue weighted by atomic mass is 16.5. The quantitative estimate of drug-likeness (QED) is 0.502. The van der Waals surface area contributed by atoms with Crippen LogP contribution in [0.3, 0.4) is 0 Å². The number of methoxy groups -OCH3 is 1. The molecule has 0 aromatic heterocycles. The molecular weight excluding hydrogens is 452 g/mol. The average molecular weight is 483 g/mol. The molecule has 3 N–H and O–H groups in total. The third-order valence-electron chi connectivity index (χ3n) is 6.68. The molecule has 1 unspecified atom stereocenters. The van der Waals surface area contributed by atoms with Gasteiger partial charge in [0.2, 0.25) is 0 Å². The van der Waals surface area contributed by atoms with E-state index in [1.54, 1.807) is 0 Å². The van der Waals surface area contributed by atoms with E-state index in [2.05, 4.69) is 22.8 Å². The lowest BCUT2D eigenvalue weighted by molar-refractivity contribution is -0.142. The van der Waals surface area contributed by atoms with Gasteiger partial charge in [-0.25, -0.2) is 4.79 Å². The van der Waals surface area contributed by atoms with Crippen molar-refractivity contribution in [1.29, 1.82) is 0 Å². The molecule has 35 heavy (non-hydrogen) atoms. The Morgan fingerprint density at radius 3 is 2.23 bits per heavy atom. The summed E-state index contributed by atoms with van der Waals surface area (Å²) in [5.74, 6) is -1.56. The Bertz CT molecular complexity index is 1040. The lowest BCUT2D eigenvalue weighted by Gasteiger charge is -2.37. The molecule has 0 saturated carbocycles. The van der Waals surface area contributed by atoms with Crippen molar-refractivity contribution in [3.63, 3.8) is 0 Å². The molecule has 2 aromatic rings. The van der Waals surface area contributed by atoms with Gasteiger partial charge < -0.3 is 30.0 Å². The highest BCUT2D eigenvalue weighted by Gasteiger charge is 2.38. The summed E-state index contributed by atoms with van der Waals surface area (Å²) >= 11 is 0. The number of fused-ring (bicyclic) bond motifs is 3. The van der Waals surface area contributed by atoms with Gasteiger partial charge in [0.25, 0.3) is 5.91 Å². The molecule has 186 valence electrons. The van der Waals surface area contributed by atoms with Crippen LogP contribution in [-0.4, -0.2) is 68.2 Å². The van der Waals surface area contributed by atoms with E-state index < -0.39 is 29.6 Å². The molecule has 1 saturated heterocycles. The van der Waals surface area contributed by atoms with Crippen LogP contribution in [0, 0.1) is 0 Å². The summed E-state index contributed by atoms with van der Waals surface area (Å²) in [6, 6.07) is 16.1. The van der Waals surface area contributed by atoms with Crippen LogP contribution in [-0.2, 0) is 23.8 Å². The van der Waals surface area contributed by atoms with E-state index in [0.717, 1.165) is 22.3 Å². The smallest absolute Gasteiger partial charge is 0.407 e. The summed E-state index contributed by atoms with van der Waals surface area (Å²) < 4.78 is 16.1. The molecule has 4 rings (SSSR count). The van der Waals surface area contributed by atoms with Crippen molar-refractivity contribution in [3.8, 4) is 11.1 Å². The molecule has 0 radical (unpaired) electrons. The van der Waals surface area contributed by atoms with E-state index in [4.69, 9.17) is 14.2 Å². The Kier molecular flexibility index (Phi) is 7.67. The van der Waals surface area contributed by atoms with E-state index in [9.17, 15) is 19.5 Å². The van der Waals surface area contributed by atoms with Crippen LogP contribution in [0.5, 0.6) is 0 Å². The van der Waals surface area contributed by atoms with Gasteiger partial charge >= 0.3 is 12.1 Å². The molecule has 2 amide bonds. The maximum atomic E-state index is 12.8. The van der Waals surface area contributed by atoms with E-state index in [0.29, 0.717) is 26.1 Å². The molecule has 1 atom stereocenters. The topological polar surface area (TPSA) is 123 Å². The number of amides is 2. The van der Waals surface area contributed by atoms with Crippen LogP contribution in [0.2, 0.25) is 0 Å². The van der Waals surface area contributed by atoms with Gasteiger partial charge in [-0.15, -0.1) is 0 Å². The minimum Gasteiger partial charge on any atom is -0.481 e. The SMILES string of the molecule is COC(CNC(=O)OCC1c2ccccc2-c2ccccc21)C(=O)NC1(CC(=O)O)CCOCC1. The number of ether oxygens (including phenoxy) is 3. The van der Waals surface area contributed by atoms with Crippen molar-refractivity contribution in [2.75, 3.05) is 33.5 Å². The Balaban J connectivity index is 1.32. The molecule has 1 aliphatic heterocycles. The summed E-state index contributed by atoms with van der Waals surface area (Å²) in [6.45, 7) is 0.774. The molecule has 9 nitrogen and oxygen atoms in total. The van der Waals surface area contributed by atoms with Gasteiger partial charge in [-0.3, -0.25) is 9.59 Å².